The van der Waals surface area contributed by atoms with Crippen LogP contribution in [0.3, 0.4) is 0 Å². The Morgan fingerprint density at radius 1 is 1.25 bits per heavy atom. The predicted molar refractivity (Wildman–Crippen MR) is 79.5 cm³/mol. The summed E-state index contributed by atoms with van der Waals surface area (Å²) < 4.78 is 24.6. The van der Waals surface area contributed by atoms with Gasteiger partial charge in [-0.05, 0) is 25.5 Å². The van der Waals surface area contributed by atoms with Crippen LogP contribution in [0.1, 0.15) is 32.8 Å². The van der Waals surface area contributed by atoms with Crippen molar-refractivity contribution in [2.75, 3.05) is 26.4 Å². The van der Waals surface area contributed by atoms with Gasteiger partial charge in [-0.1, -0.05) is 26.0 Å². The van der Waals surface area contributed by atoms with Gasteiger partial charge in [-0.2, -0.15) is 0 Å². The topological polar surface area (TPSA) is 30.5 Å². The van der Waals surface area contributed by atoms with Gasteiger partial charge in [0.05, 0.1) is 6.61 Å². The molecule has 0 saturated carbocycles. The maximum absolute atomic E-state index is 13.8. The summed E-state index contributed by atoms with van der Waals surface area (Å²) in [5.41, 5.74) is 0.863. The molecule has 0 unspecified atom stereocenters. The molecule has 0 aliphatic carbocycles. The highest BCUT2D eigenvalue weighted by Crippen LogP contribution is 2.22. The summed E-state index contributed by atoms with van der Waals surface area (Å²) in [6.45, 7) is 9.58. The number of rotatable bonds is 10. The molecule has 1 aromatic carbocycles. The standard InChI is InChI=1S/C16H26FNO2/c1-4-19-9-6-10-20-16-14(7-5-8-15(16)17)12-18-11-13(2)3/h5,7-8,13,18H,4,6,9-12H2,1-3H3. The molecule has 20 heavy (non-hydrogen) atoms. The lowest BCUT2D eigenvalue weighted by molar-refractivity contribution is 0.130. The maximum atomic E-state index is 13.8. The van der Waals surface area contributed by atoms with Gasteiger partial charge in [0, 0.05) is 31.7 Å². The van der Waals surface area contributed by atoms with Crippen molar-refractivity contribution in [2.45, 2.75) is 33.7 Å². The second-order valence-corrected chi connectivity index (χ2v) is 5.15. The van der Waals surface area contributed by atoms with Crippen LogP contribution in [0, 0.1) is 11.7 Å². The van der Waals surface area contributed by atoms with Crippen molar-refractivity contribution in [3.63, 3.8) is 0 Å². The molecule has 1 N–H and O–H groups in total. The lowest BCUT2D eigenvalue weighted by Gasteiger charge is -2.14. The third-order valence-electron chi connectivity index (χ3n) is 2.80. The van der Waals surface area contributed by atoms with E-state index in [-0.39, 0.29) is 5.82 Å². The van der Waals surface area contributed by atoms with Gasteiger partial charge in [-0.25, -0.2) is 4.39 Å². The van der Waals surface area contributed by atoms with Crippen LogP contribution < -0.4 is 10.1 Å². The minimum Gasteiger partial charge on any atom is -0.490 e. The molecule has 4 heteroatoms. The van der Waals surface area contributed by atoms with Crippen LogP contribution in [0.5, 0.6) is 5.75 Å². The molecule has 1 rings (SSSR count). The molecule has 3 nitrogen and oxygen atoms in total. The summed E-state index contributed by atoms with van der Waals surface area (Å²) >= 11 is 0. The maximum Gasteiger partial charge on any atom is 0.165 e. The fourth-order valence-electron chi connectivity index (χ4n) is 1.83. The monoisotopic (exact) mass is 283 g/mol. The van der Waals surface area contributed by atoms with Crippen LogP contribution in [0.4, 0.5) is 4.39 Å². The average Bonchev–Trinajstić information content (AvgIpc) is 2.40. The summed E-state index contributed by atoms with van der Waals surface area (Å²) in [6, 6.07) is 5.05. The molecule has 0 aromatic heterocycles. The molecule has 0 aliphatic heterocycles. The van der Waals surface area contributed by atoms with Gasteiger partial charge in [0.2, 0.25) is 0 Å². The van der Waals surface area contributed by atoms with Crippen LogP contribution >= 0.6 is 0 Å². The molecule has 0 aliphatic rings. The number of hydrogen-bond donors (Lipinski definition) is 1. The van der Waals surface area contributed by atoms with Gasteiger partial charge < -0.3 is 14.8 Å². The predicted octanol–water partition coefficient (Wildman–Crippen LogP) is 3.38. The lowest BCUT2D eigenvalue weighted by atomic mass is 10.1. The highest BCUT2D eigenvalue weighted by atomic mass is 19.1. The molecule has 1 aromatic rings. The van der Waals surface area contributed by atoms with Gasteiger partial charge in [0.15, 0.2) is 11.6 Å². The van der Waals surface area contributed by atoms with Crippen molar-refractivity contribution in [3.8, 4) is 5.75 Å². The zero-order chi connectivity index (χ0) is 14.8. The van der Waals surface area contributed by atoms with E-state index in [0.717, 1.165) is 18.5 Å². The average molecular weight is 283 g/mol. The second kappa shape index (κ2) is 9.72. The molecule has 0 heterocycles. The Bertz CT molecular complexity index is 383. The second-order valence-electron chi connectivity index (χ2n) is 5.15. The van der Waals surface area contributed by atoms with Crippen molar-refractivity contribution in [3.05, 3.63) is 29.6 Å². The first-order valence-electron chi connectivity index (χ1n) is 7.33. The van der Waals surface area contributed by atoms with Gasteiger partial charge in [0.1, 0.15) is 0 Å². The molecule has 0 bridgehead atoms. The number of nitrogens with one attached hydrogen (secondary N) is 1. The van der Waals surface area contributed by atoms with Crippen LogP contribution in [0.25, 0.3) is 0 Å². The lowest BCUT2D eigenvalue weighted by Crippen LogP contribution is -2.19. The van der Waals surface area contributed by atoms with Crippen molar-refractivity contribution < 1.29 is 13.9 Å². The minimum atomic E-state index is -0.301. The van der Waals surface area contributed by atoms with E-state index in [9.17, 15) is 4.39 Å². The summed E-state index contributed by atoms with van der Waals surface area (Å²) in [7, 11) is 0. The molecule has 0 radical (unpaired) electrons. The number of halogens is 1. The number of para-hydroxylation sites is 1. The van der Waals surface area contributed by atoms with Gasteiger partial charge in [-0.15, -0.1) is 0 Å². The Morgan fingerprint density at radius 3 is 2.75 bits per heavy atom. The van der Waals surface area contributed by atoms with Gasteiger partial charge in [0.25, 0.3) is 0 Å². The fourth-order valence-corrected chi connectivity index (χ4v) is 1.83. The van der Waals surface area contributed by atoms with E-state index in [1.54, 1.807) is 6.07 Å². The highest BCUT2D eigenvalue weighted by Gasteiger charge is 2.09. The third-order valence-corrected chi connectivity index (χ3v) is 2.80. The molecule has 0 saturated heterocycles. The van der Waals surface area contributed by atoms with Crippen molar-refractivity contribution in [1.82, 2.24) is 5.32 Å². The Labute approximate surface area is 121 Å². The quantitative estimate of drug-likeness (QED) is 0.668. The molecule has 0 amide bonds. The Kier molecular flexibility index (Phi) is 8.23. The van der Waals surface area contributed by atoms with E-state index in [1.807, 2.05) is 13.0 Å². The van der Waals surface area contributed by atoms with Crippen molar-refractivity contribution in [1.29, 1.82) is 0 Å². The zero-order valence-corrected chi connectivity index (χ0v) is 12.7. The van der Waals surface area contributed by atoms with Crippen LogP contribution in [-0.2, 0) is 11.3 Å². The molecule has 0 fully saturated rings. The van der Waals surface area contributed by atoms with E-state index in [4.69, 9.17) is 9.47 Å². The normalized spacial score (nSPS) is 11.1. The highest BCUT2D eigenvalue weighted by molar-refractivity contribution is 5.34. The first-order valence-corrected chi connectivity index (χ1v) is 7.33. The SMILES string of the molecule is CCOCCCOc1c(F)cccc1CNCC(C)C. The number of ether oxygens (including phenoxy) is 2. The Balaban J connectivity index is 2.49. The number of benzene rings is 1. The number of hydrogen-bond acceptors (Lipinski definition) is 3. The molecular weight excluding hydrogens is 257 g/mol. The smallest absolute Gasteiger partial charge is 0.165 e. The van der Waals surface area contributed by atoms with Crippen LogP contribution in [-0.4, -0.2) is 26.4 Å². The van der Waals surface area contributed by atoms with E-state index in [1.165, 1.54) is 6.07 Å². The molecular formula is C16H26FNO2. The largest absolute Gasteiger partial charge is 0.490 e. The summed E-state index contributed by atoms with van der Waals surface area (Å²) in [6.07, 6.45) is 0.765. The minimum absolute atomic E-state index is 0.301. The molecule has 114 valence electrons. The molecule has 0 atom stereocenters. The zero-order valence-electron chi connectivity index (χ0n) is 12.7. The van der Waals surface area contributed by atoms with Gasteiger partial charge >= 0.3 is 0 Å². The summed E-state index contributed by atoms with van der Waals surface area (Å²) in [5.74, 6) is 0.629. The van der Waals surface area contributed by atoms with Crippen LogP contribution in [0.15, 0.2) is 18.2 Å². The summed E-state index contributed by atoms with van der Waals surface area (Å²) in [5, 5.41) is 3.31. The Hall–Kier alpha value is -1.13. The first-order chi connectivity index (χ1) is 9.65. The van der Waals surface area contributed by atoms with E-state index in [2.05, 4.69) is 19.2 Å². The van der Waals surface area contributed by atoms with Crippen molar-refractivity contribution in [2.24, 2.45) is 5.92 Å². The third kappa shape index (κ3) is 6.35. The fraction of sp³-hybridized carbons (Fsp3) is 0.625. The van der Waals surface area contributed by atoms with Crippen molar-refractivity contribution >= 4 is 0 Å². The van der Waals surface area contributed by atoms with Crippen LogP contribution in [0.2, 0.25) is 0 Å². The Morgan fingerprint density at radius 2 is 2.05 bits per heavy atom. The van der Waals surface area contributed by atoms with E-state index >= 15 is 0 Å². The first kappa shape index (κ1) is 16.9. The van der Waals surface area contributed by atoms with E-state index in [0.29, 0.717) is 38.0 Å². The van der Waals surface area contributed by atoms with Gasteiger partial charge in [-0.3, -0.25) is 0 Å². The molecule has 0 spiro atoms. The summed E-state index contributed by atoms with van der Waals surface area (Å²) in [4.78, 5) is 0. The van der Waals surface area contributed by atoms with E-state index < -0.39 is 0 Å².